The Kier molecular flexibility index (Phi) is 3.66. The zero-order chi connectivity index (χ0) is 17.7. The molecule has 0 atom stereocenters. The molecule has 0 N–H and O–H groups in total. The maximum absolute atomic E-state index is 12.8. The Morgan fingerprint density at radius 3 is 2.33 bits per heavy atom. The van der Waals surface area contributed by atoms with E-state index in [0.717, 1.165) is 34.4 Å². The monoisotopic (exact) mass is 333 g/mol. The van der Waals surface area contributed by atoms with E-state index in [4.69, 9.17) is 0 Å². The summed E-state index contributed by atoms with van der Waals surface area (Å²) in [4.78, 5) is 4.60. The lowest BCUT2D eigenvalue weighted by Crippen LogP contribution is -2.16. The first kappa shape index (κ1) is 16.5. The molecule has 2 heterocycles. The molecule has 0 aliphatic carbocycles. The number of pyridine rings is 1. The number of aromatic nitrogens is 3. The number of alkyl halides is 3. The highest BCUT2D eigenvalue weighted by molar-refractivity contribution is 5.87. The van der Waals surface area contributed by atoms with Crippen LogP contribution < -0.4 is 0 Å². The van der Waals surface area contributed by atoms with Gasteiger partial charge < -0.3 is 0 Å². The molecular weight excluding hydrogens is 315 g/mol. The molecular formula is C18H18F3N3. The Labute approximate surface area is 138 Å². The highest BCUT2D eigenvalue weighted by Gasteiger charge is 2.32. The van der Waals surface area contributed by atoms with Gasteiger partial charge in [-0.05, 0) is 18.4 Å². The van der Waals surface area contributed by atoms with Crippen molar-refractivity contribution in [1.82, 2.24) is 14.8 Å². The summed E-state index contributed by atoms with van der Waals surface area (Å²) in [6.07, 6.45) is -2.63. The molecule has 0 bridgehead atoms. The van der Waals surface area contributed by atoms with E-state index in [1.54, 1.807) is 6.07 Å². The van der Waals surface area contributed by atoms with Crippen LogP contribution in [0.4, 0.5) is 13.2 Å². The highest BCUT2D eigenvalue weighted by Crippen LogP contribution is 2.32. The van der Waals surface area contributed by atoms with Crippen molar-refractivity contribution in [2.24, 2.45) is 0 Å². The van der Waals surface area contributed by atoms with E-state index < -0.39 is 11.7 Å². The largest absolute Gasteiger partial charge is 0.419 e. The predicted molar refractivity (Wildman–Crippen MR) is 87.3 cm³/mol. The van der Waals surface area contributed by atoms with Crippen LogP contribution >= 0.6 is 0 Å². The van der Waals surface area contributed by atoms with Gasteiger partial charge in [0.25, 0.3) is 0 Å². The average Bonchev–Trinajstić information content (AvgIpc) is 2.94. The second kappa shape index (κ2) is 5.33. The topological polar surface area (TPSA) is 30.7 Å². The molecule has 0 unspecified atom stereocenters. The summed E-state index contributed by atoms with van der Waals surface area (Å²) >= 11 is 0. The molecule has 0 fully saturated rings. The number of hydrogen-bond acceptors (Lipinski definition) is 2. The molecule has 126 valence electrons. The second-order valence-electron chi connectivity index (χ2n) is 6.97. The molecule has 0 radical (unpaired) electrons. The van der Waals surface area contributed by atoms with Gasteiger partial charge in [0.05, 0.1) is 17.5 Å². The molecule has 2 aromatic heterocycles. The normalized spacial score (nSPS) is 12.8. The Balaban J connectivity index is 2.24. The van der Waals surface area contributed by atoms with Crippen LogP contribution in [0.1, 0.15) is 37.6 Å². The van der Waals surface area contributed by atoms with E-state index in [-0.39, 0.29) is 5.41 Å². The molecule has 1 aromatic carbocycles. The highest BCUT2D eigenvalue weighted by atomic mass is 19.4. The molecule has 0 amide bonds. The summed E-state index contributed by atoms with van der Waals surface area (Å²) in [5.74, 6) is 0.383. The van der Waals surface area contributed by atoms with Gasteiger partial charge in [0.1, 0.15) is 0 Å². The molecule has 24 heavy (non-hydrogen) atoms. The van der Waals surface area contributed by atoms with Crippen LogP contribution in [0.3, 0.4) is 0 Å². The van der Waals surface area contributed by atoms with Crippen molar-refractivity contribution < 1.29 is 13.2 Å². The minimum atomic E-state index is -4.42. The first-order chi connectivity index (χ1) is 11.1. The van der Waals surface area contributed by atoms with E-state index in [1.165, 1.54) is 4.68 Å². The van der Waals surface area contributed by atoms with Gasteiger partial charge in [0, 0.05) is 17.0 Å². The summed E-state index contributed by atoms with van der Waals surface area (Å²) in [6.45, 7) is 8.07. The van der Waals surface area contributed by atoms with E-state index in [9.17, 15) is 13.2 Å². The van der Waals surface area contributed by atoms with E-state index in [0.29, 0.717) is 5.82 Å². The maximum atomic E-state index is 12.8. The summed E-state index contributed by atoms with van der Waals surface area (Å²) < 4.78 is 39.6. The summed E-state index contributed by atoms with van der Waals surface area (Å²) in [5, 5.41) is 5.78. The lowest BCUT2D eigenvalue weighted by atomic mass is 9.88. The fourth-order valence-electron chi connectivity index (χ4n) is 2.65. The Hall–Kier alpha value is -2.37. The maximum Gasteiger partial charge on any atom is 0.419 e. The van der Waals surface area contributed by atoms with Gasteiger partial charge >= 0.3 is 6.18 Å². The summed E-state index contributed by atoms with van der Waals surface area (Å²) in [6, 6.07) is 7.79. The van der Waals surface area contributed by atoms with Gasteiger partial charge in [0.2, 0.25) is 0 Å². The lowest BCUT2D eigenvalue weighted by molar-refractivity contribution is -0.137. The van der Waals surface area contributed by atoms with Crippen molar-refractivity contribution in [1.29, 1.82) is 0 Å². The first-order valence-electron chi connectivity index (χ1n) is 7.60. The van der Waals surface area contributed by atoms with Crippen molar-refractivity contribution in [2.45, 2.75) is 39.3 Å². The number of aryl methyl sites for hydroxylation is 1. The number of fused-ring (bicyclic) bond motifs is 1. The van der Waals surface area contributed by atoms with Crippen LogP contribution in [-0.4, -0.2) is 14.8 Å². The standard InChI is InChI=1S/C18H18F3N3/c1-11-5-6-14-12(7-11)8-15(23-16(14)17(2,3)4)24-10-13(9-22-24)18(19,20)21/h5-10H,1-4H3. The molecule has 3 nitrogen and oxygen atoms in total. The molecule has 0 aliphatic heterocycles. The van der Waals surface area contributed by atoms with Crippen molar-refractivity contribution in [2.75, 3.05) is 0 Å². The van der Waals surface area contributed by atoms with Crippen molar-refractivity contribution in [3.8, 4) is 5.82 Å². The molecule has 0 spiro atoms. The average molecular weight is 333 g/mol. The number of hydrogen-bond donors (Lipinski definition) is 0. The molecule has 3 rings (SSSR count). The van der Waals surface area contributed by atoms with E-state index in [2.05, 4.69) is 10.1 Å². The van der Waals surface area contributed by atoms with Crippen LogP contribution in [-0.2, 0) is 11.6 Å². The van der Waals surface area contributed by atoms with E-state index in [1.807, 2.05) is 45.9 Å². The summed E-state index contributed by atoms with van der Waals surface area (Å²) in [7, 11) is 0. The third-order valence-corrected chi connectivity index (χ3v) is 3.83. The Morgan fingerprint density at radius 2 is 1.75 bits per heavy atom. The van der Waals surface area contributed by atoms with Crippen molar-refractivity contribution >= 4 is 10.8 Å². The molecule has 0 saturated carbocycles. The lowest BCUT2D eigenvalue weighted by Gasteiger charge is -2.21. The van der Waals surface area contributed by atoms with Crippen LogP contribution in [0.2, 0.25) is 0 Å². The van der Waals surface area contributed by atoms with Crippen LogP contribution in [0, 0.1) is 6.92 Å². The van der Waals surface area contributed by atoms with Gasteiger partial charge in [-0.2, -0.15) is 18.3 Å². The number of halogens is 3. The quantitative estimate of drug-likeness (QED) is 0.624. The third-order valence-electron chi connectivity index (χ3n) is 3.83. The Bertz CT molecular complexity index is 902. The third kappa shape index (κ3) is 3.00. The van der Waals surface area contributed by atoms with Gasteiger partial charge in [-0.25, -0.2) is 9.67 Å². The molecule has 0 aliphatic rings. The summed E-state index contributed by atoms with van der Waals surface area (Å²) in [5.41, 5.74) is 0.879. The van der Waals surface area contributed by atoms with Gasteiger partial charge in [-0.15, -0.1) is 0 Å². The smallest absolute Gasteiger partial charge is 0.232 e. The Morgan fingerprint density at radius 1 is 1.04 bits per heavy atom. The van der Waals surface area contributed by atoms with Gasteiger partial charge in [0.15, 0.2) is 5.82 Å². The van der Waals surface area contributed by atoms with E-state index >= 15 is 0 Å². The van der Waals surface area contributed by atoms with Gasteiger partial charge in [-0.1, -0.05) is 44.5 Å². The first-order valence-corrected chi connectivity index (χ1v) is 7.60. The zero-order valence-electron chi connectivity index (χ0n) is 13.9. The zero-order valence-corrected chi connectivity index (χ0v) is 13.9. The minimum Gasteiger partial charge on any atom is -0.232 e. The minimum absolute atomic E-state index is 0.246. The molecule has 3 aromatic rings. The second-order valence-corrected chi connectivity index (χ2v) is 6.97. The van der Waals surface area contributed by atoms with Crippen molar-refractivity contribution in [3.63, 3.8) is 0 Å². The SMILES string of the molecule is Cc1ccc2c(C(C)(C)C)nc(-n3cc(C(F)(F)F)cn3)cc2c1. The van der Waals surface area contributed by atoms with Crippen LogP contribution in [0.25, 0.3) is 16.6 Å². The molecule has 6 heteroatoms. The van der Waals surface area contributed by atoms with Crippen LogP contribution in [0.15, 0.2) is 36.7 Å². The fourth-order valence-corrected chi connectivity index (χ4v) is 2.65. The number of benzene rings is 1. The van der Waals surface area contributed by atoms with Crippen LogP contribution in [0.5, 0.6) is 0 Å². The predicted octanol–water partition coefficient (Wildman–Crippen LogP) is 5.05. The van der Waals surface area contributed by atoms with Crippen molar-refractivity contribution in [3.05, 3.63) is 53.5 Å². The number of nitrogens with zero attached hydrogens (tertiary/aromatic N) is 3. The molecule has 0 saturated heterocycles. The van der Waals surface area contributed by atoms with Gasteiger partial charge in [-0.3, -0.25) is 0 Å². The number of rotatable bonds is 1. The fraction of sp³-hybridized carbons (Fsp3) is 0.333.